The van der Waals surface area contributed by atoms with Crippen LogP contribution in [0.2, 0.25) is 0 Å². The zero-order chi connectivity index (χ0) is 14.6. The molecule has 19 heavy (non-hydrogen) atoms. The number of rotatable bonds is 4. The fraction of sp³-hybridized carbons (Fsp3) is 0.455. The van der Waals surface area contributed by atoms with Crippen LogP contribution in [0.4, 0.5) is 13.2 Å². The molecule has 0 unspecified atom stereocenters. The molecule has 0 bridgehead atoms. The van der Waals surface area contributed by atoms with Crippen LogP contribution in [0.3, 0.4) is 0 Å². The van der Waals surface area contributed by atoms with Gasteiger partial charge in [-0.1, -0.05) is 0 Å². The van der Waals surface area contributed by atoms with Crippen molar-refractivity contribution in [1.29, 1.82) is 0 Å². The molecule has 0 amide bonds. The molecule has 0 aliphatic carbocycles. The molecule has 0 atom stereocenters. The van der Waals surface area contributed by atoms with Crippen LogP contribution in [0.25, 0.3) is 0 Å². The highest BCUT2D eigenvalue weighted by atomic mass is 127. The summed E-state index contributed by atoms with van der Waals surface area (Å²) in [7, 11) is 0. The number of hydrogen-bond acceptors (Lipinski definition) is 4. The monoisotopic (exact) mass is 389 g/mol. The summed E-state index contributed by atoms with van der Waals surface area (Å²) in [5.74, 6) is -1.09. The van der Waals surface area contributed by atoms with E-state index in [1.165, 1.54) is 0 Å². The van der Waals surface area contributed by atoms with E-state index in [4.69, 9.17) is 4.74 Å². The van der Waals surface area contributed by atoms with Crippen molar-refractivity contribution in [2.24, 2.45) is 0 Å². The number of alkyl halides is 3. The van der Waals surface area contributed by atoms with Crippen molar-refractivity contribution < 1.29 is 27.4 Å². The third-order valence-corrected chi connectivity index (χ3v) is 3.29. The molecular weight excluding hydrogens is 378 g/mol. The molecule has 1 heterocycles. The van der Waals surface area contributed by atoms with Crippen LogP contribution < -0.4 is 4.74 Å². The maximum Gasteiger partial charge on any atom is 0.573 e. The maximum atomic E-state index is 12.3. The first-order valence-corrected chi connectivity index (χ1v) is 6.37. The molecule has 4 nitrogen and oxygen atoms in total. The van der Waals surface area contributed by atoms with E-state index < -0.39 is 18.1 Å². The smallest absolute Gasteiger partial charge is 0.466 e. The van der Waals surface area contributed by atoms with E-state index >= 15 is 0 Å². The first-order chi connectivity index (χ1) is 8.74. The highest BCUT2D eigenvalue weighted by molar-refractivity contribution is 14.1. The van der Waals surface area contributed by atoms with Gasteiger partial charge in [-0.15, -0.1) is 13.2 Å². The fourth-order valence-corrected chi connectivity index (χ4v) is 1.85. The Hall–Kier alpha value is -1.06. The molecule has 1 rings (SSSR count). The van der Waals surface area contributed by atoms with Crippen molar-refractivity contribution in [1.82, 2.24) is 4.98 Å². The lowest BCUT2D eigenvalue weighted by Gasteiger charge is -2.15. The van der Waals surface area contributed by atoms with Gasteiger partial charge in [-0.05, 0) is 42.0 Å². The number of esters is 1. The number of hydrogen-bond donors (Lipinski definition) is 0. The van der Waals surface area contributed by atoms with Crippen molar-refractivity contribution in [2.75, 3.05) is 6.61 Å². The van der Waals surface area contributed by atoms with Gasteiger partial charge >= 0.3 is 12.3 Å². The second kappa shape index (κ2) is 6.40. The van der Waals surface area contributed by atoms with E-state index in [0.29, 0.717) is 9.26 Å². The lowest BCUT2D eigenvalue weighted by atomic mass is 10.1. The van der Waals surface area contributed by atoms with Crippen LogP contribution >= 0.6 is 22.6 Å². The summed E-state index contributed by atoms with van der Waals surface area (Å²) in [6.07, 6.45) is -4.16. The predicted octanol–water partition coefficient (Wildman–Crippen LogP) is 3.00. The molecule has 0 spiro atoms. The predicted molar refractivity (Wildman–Crippen MR) is 68.7 cm³/mol. The van der Waals surface area contributed by atoms with Gasteiger partial charge in [0.25, 0.3) is 0 Å². The Morgan fingerprint density at radius 1 is 1.47 bits per heavy atom. The minimum Gasteiger partial charge on any atom is -0.466 e. The topological polar surface area (TPSA) is 48.4 Å². The van der Waals surface area contributed by atoms with E-state index in [-0.39, 0.29) is 18.6 Å². The van der Waals surface area contributed by atoms with E-state index in [1.807, 2.05) is 22.6 Å². The summed E-state index contributed by atoms with van der Waals surface area (Å²) in [6, 6.07) is 0. The lowest BCUT2D eigenvalue weighted by molar-refractivity contribution is -0.275. The first-order valence-electron chi connectivity index (χ1n) is 5.30. The van der Waals surface area contributed by atoms with Crippen LogP contribution in [0.5, 0.6) is 5.75 Å². The highest BCUT2D eigenvalue weighted by Gasteiger charge is 2.33. The molecule has 0 aliphatic rings. The van der Waals surface area contributed by atoms with Gasteiger partial charge in [0.2, 0.25) is 0 Å². The Morgan fingerprint density at radius 2 is 2.11 bits per heavy atom. The molecule has 0 saturated carbocycles. The molecule has 0 fully saturated rings. The number of halogens is 4. The van der Waals surface area contributed by atoms with Gasteiger partial charge < -0.3 is 9.47 Å². The standard InChI is InChI=1S/C11H11F3INO3/c1-3-18-9(17)4-7-6(2)10(15)16-5-8(7)19-11(12,13)14/h5H,3-4H2,1-2H3. The molecule has 0 aromatic carbocycles. The Morgan fingerprint density at radius 3 is 2.63 bits per heavy atom. The van der Waals surface area contributed by atoms with Crippen LogP contribution in [0, 0.1) is 10.6 Å². The van der Waals surface area contributed by atoms with Gasteiger partial charge in [-0.2, -0.15) is 0 Å². The van der Waals surface area contributed by atoms with Gasteiger partial charge in [0, 0.05) is 5.56 Å². The summed E-state index contributed by atoms with van der Waals surface area (Å²) in [6.45, 7) is 3.36. The lowest BCUT2D eigenvalue weighted by Crippen LogP contribution is -2.20. The van der Waals surface area contributed by atoms with Gasteiger partial charge in [-0.3, -0.25) is 4.79 Å². The molecular formula is C11H11F3INO3. The van der Waals surface area contributed by atoms with Crippen molar-refractivity contribution in [3.63, 3.8) is 0 Å². The largest absolute Gasteiger partial charge is 0.573 e. The second-order valence-corrected chi connectivity index (χ2v) is 4.57. The van der Waals surface area contributed by atoms with Gasteiger partial charge in [0.1, 0.15) is 3.70 Å². The number of nitrogens with zero attached hydrogens (tertiary/aromatic N) is 1. The van der Waals surface area contributed by atoms with Gasteiger partial charge in [-0.25, -0.2) is 4.98 Å². The van der Waals surface area contributed by atoms with E-state index in [9.17, 15) is 18.0 Å². The fourth-order valence-electron chi connectivity index (χ4n) is 1.39. The van der Waals surface area contributed by atoms with Crippen molar-refractivity contribution in [3.05, 3.63) is 21.0 Å². The summed E-state index contributed by atoms with van der Waals surface area (Å²) < 4.78 is 45.9. The molecule has 1 aromatic heterocycles. The molecule has 0 N–H and O–H groups in total. The average molecular weight is 389 g/mol. The SMILES string of the molecule is CCOC(=O)Cc1c(OC(F)(F)F)cnc(I)c1C. The number of carbonyl (C=O) groups is 1. The zero-order valence-electron chi connectivity index (χ0n) is 10.2. The van der Waals surface area contributed by atoms with Crippen LogP contribution in [0.15, 0.2) is 6.20 Å². The molecule has 0 radical (unpaired) electrons. The normalized spacial score (nSPS) is 11.3. The first kappa shape index (κ1) is 16.0. The van der Waals surface area contributed by atoms with Crippen LogP contribution in [0.1, 0.15) is 18.1 Å². The summed E-state index contributed by atoms with van der Waals surface area (Å²) >= 11 is 1.87. The zero-order valence-corrected chi connectivity index (χ0v) is 12.3. The molecule has 106 valence electrons. The number of aromatic nitrogens is 1. The van der Waals surface area contributed by atoms with Crippen LogP contribution in [-0.4, -0.2) is 23.9 Å². The van der Waals surface area contributed by atoms with E-state index in [0.717, 1.165) is 6.20 Å². The third kappa shape index (κ3) is 4.84. The summed E-state index contributed by atoms with van der Waals surface area (Å²) in [5.41, 5.74) is 0.602. The summed E-state index contributed by atoms with van der Waals surface area (Å²) in [4.78, 5) is 15.2. The molecule has 0 aliphatic heterocycles. The Balaban J connectivity index is 3.10. The summed E-state index contributed by atoms with van der Waals surface area (Å²) in [5, 5.41) is 0. The quantitative estimate of drug-likeness (QED) is 0.452. The van der Waals surface area contributed by atoms with Crippen molar-refractivity contribution >= 4 is 28.6 Å². The average Bonchev–Trinajstić information content (AvgIpc) is 2.27. The Kier molecular flexibility index (Phi) is 5.39. The van der Waals surface area contributed by atoms with E-state index in [2.05, 4.69) is 9.72 Å². The molecule has 0 saturated heterocycles. The Labute approximate surface area is 121 Å². The van der Waals surface area contributed by atoms with Crippen molar-refractivity contribution in [3.8, 4) is 5.75 Å². The minimum absolute atomic E-state index is 0.134. The maximum absolute atomic E-state index is 12.3. The number of ether oxygens (including phenoxy) is 2. The van der Waals surface area contributed by atoms with Crippen molar-refractivity contribution in [2.45, 2.75) is 26.6 Å². The third-order valence-electron chi connectivity index (χ3n) is 2.21. The molecule has 1 aromatic rings. The van der Waals surface area contributed by atoms with E-state index in [1.54, 1.807) is 13.8 Å². The molecule has 8 heteroatoms. The van der Waals surface area contributed by atoms with Gasteiger partial charge in [0.05, 0.1) is 19.2 Å². The highest BCUT2D eigenvalue weighted by Crippen LogP contribution is 2.30. The second-order valence-electron chi connectivity index (χ2n) is 3.55. The Bertz CT molecular complexity index is 477. The van der Waals surface area contributed by atoms with Gasteiger partial charge in [0.15, 0.2) is 5.75 Å². The number of pyridine rings is 1. The van der Waals surface area contributed by atoms with Crippen LogP contribution in [-0.2, 0) is 16.0 Å². The number of carbonyl (C=O) groups excluding carboxylic acids is 1. The minimum atomic E-state index is -4.83.